The molecule has 8 aliphatic rings. The van der Waals surface area contributed by atoms with Crippen molar-refractivity contribution in [1.82, 2.24) is 0 Å². The number of phenols is 1. The van der Waals surface area contributed by atoms with Crippen molar-refractivity contribution >= 4 is 28.9 Å². The lowest BCUT2D eigenvalue weighted by molar-refractivity contribution is -0.347. The normalized spacial score (nSPS) is 44.4. The molecule has 9 rings (SSSR count). The van der Waals surface area contributed by atoms with Crippen molar-refractivity contribution in [2.75, 3.05) is 0 Å². The largest absolute Gasteiger partial charge is 0.507 e. The molecule has 5 heterocycles. The second kappa shape index (κ2) is 14.4. The predicted octanol–water partition coefficient (Wildman–Crippen LogP) is 2.72. The van der Waals surface area contributed by atoms with Gasteiger partial charge in [0.1, 0.15) is 35.8 Å². The van der Waals surface area contributed by atoms with Gasteiger partial charge in [0.2, 0.25) is 0 Å². The molecule has 5 aliphatic heterocycles. The van der Waals surface area contributed by atoms with Gasteiger partial charge in [-0.05, 0) is 65.3 Å². The number of aliphatic hydroxyl groups is 2. The highest BCUT2D eigenvalue weighted by molar-refractivity contribution is 6.32. The van der Waals surface area contributed by atoms with Crippen molar-refractivity contribution in [3.63, 3.8) is 0 Å². The summed E-state index contributed by atoms with van der Waals surface area (Å²) in [5.41, 5.74) is -7.76. The number of aromatic hydroxyl groups is 1. The fourth-order valence-electron chi connectivity index (χ4n) is 10.0. The van der Waals surface area contributed by atoms with Crippen LogP contribution in [0.1, 0.15) is 106 Å². The van der Waals surface area contributed by atoms with Gasteiger partial charge in [-0.1, -0.05) is 12.1 Å². The second-order valence-electron chi connectivity index (χ2n) is 17.3. The summed E-state index contributed by atoms with van der Waals surface area (Å²) in [5, 5.41) is 36.1. The van der Waals surface area contributed by atoms with Gasteiger partial charge in [-0.3, -0.25) is 24.0 Å². The van der Waals surface area contributed by atoms with Crippen LogP contribution in [0.25, 0.3) is 0 Å². The molecule has 0 radical (unpaired) electrons. The fourth-order valence-corrected chi connectivity index (χ4v) is 10.0. The van der Waals surface area contributed by atoms with Crippen LogP contribution in [0, 0.1) is 0 Å². The van der Waals surface area contributed by atoms with Crippen molar-refractivity contribution in [3.05, 3.63) is 64.3 Å². The first kappa shape index (κ1) is 40.6. The predicted molar refractivity (Wildman–Crippen MR) is 199 cm³/mol. The first-order valence-electron chi connectivity index (χ1n) is 20.3. The maximum absolute atomic E-state index is 14.4. The number of ether oxygens (including phenoxy) is 8. The molecule has 16 nitrogen and oxygen atoms in total. The Morgan fingerprint density at radius 1 is 0.831 bits per heavy atom. The number of carbonyl (C=O) groups excluding carboxylic acids is 5. The number of carbonyl (C=O) groups is 5. The standard InChI is InChI=1S/C43H48O16/c1-18-25(44)8-10-32(53-18)57-27-9-11-33(54-20(27)3)59-41(5)16-31(46)43(51)35-24(12-13-42(43,50)17-41)37(48)34-23(38(35)49)7-6-22(36(34)47)28-15-29-39(21(4)52-28)58-40-30(56-29)14-26(45)19(2)55-40/h6-8,10,12-13,18-21,27-30,32-33,39-40,47,50-51H,9,11,14-17H2,1-5H3/t18?,19?,20?,21?,27?,28?,29?,30?,32?,33?,39?,40?,41-,42-,43-/m0/s1. The van der Waals surface area contributed by atoms with Gasteiger partial charge in [0.25, 0.3) is 0 Å². The molecular weight excluding hydrogens is 772 g/mol. The van der Waals surface area contributed by atoms with E-state index in [0.29, 0.717) is 12.8 Å². The minimum Gasteiger partial charge on any atom is -0.507 e. The Bertz CT molecular complexity index is 2110. The van der Waals surface area contributed by atoms with E-state index in [1.54, 1.807) is 40.7 Å². The van der Waals surface area contributed by atoms with Crippen molar-refractivity contribution in [1.29, 1.82) is 0 Å². The van der Waals surface area contributed by atoms with E-state index in [1.807, 2.05) is 0 Å². The van der Waals surface area contributed by atoms with Crippen LogP contribution in [-0.4, -0.2) is 129 Å². The Kier molecular flexibility index (Phi) is 9.90. The molecule has 316 valence electrons. The molecule has 16 heteroatoms. The maximum Gasteiger partial charge on any atom is 0.198 e. The summed E-state index contributed by atoms with van der Waals surface area (Å²) in [5.74, 6) is -3.39. The molecule has 15 atom stereocenters. The zero-order valence-electron chi connectivity index (χ0n) is 33.3. The number of hydrogen-bond acceptors (Lipinski definition) is 16. The molecule has 0 aromatic heterocycles. The average molecular weight is 821 g/mol. The Morgan fingerprint density at radius 3 is 2.36 bits per heavy atom. The van der Waals surface area contributed by atoms with E-state index in [0.717, 1.165) is 6.08 Å². The van der Waals surface area contributed by atoms with Crippen LogP contribution in [-0.2, 0) is 52.3 Å². The van der Waals surface area contributed by atoms with Gasteiger partial charge in [-0.15, -0.1) is 0 Å². The molecule has 0 bridgehead atoms. The van der Waals surface area contributed by atoms with E-state index in [1.165, 1.54) is 24.3 Å². The van der Waals surface area contributed by atoms with E-state index in [9.17, 15) is 39.3 Å². The third kappa shape index (κ3) is 6.54. The number of fused-ring (bicyclic) bond motifs is 5. The summed E-state index contributed by atoms with van der Waals surface area (Å²) < 4.78 is 48.6. The van der Waals surface area contributed by atoms with E-state index in [-0.39, 0.29) is 59.2 Å². The molecule has 0 spiro atoms. The second-order valence-corrected chi connectivity index (χ2v) is 17.3. The van der Waals surface area contributed by atoms with Crippen molar-refractivity contribution in [3.8, 4) is 5.75 Å². The topological polar surface area (TPSA) is 220 Å². The smallest absolute Gasteiger partial charge is 0.198 e. The molecule has 5 fully saturated rings. The summed E-state index contributed by atoms with van der Waals surface area (Å²) in [6.07, 6.45) is -1.64. The number of benzene rings is 1. The minimum absolute atomic E-state index is 0.101. The number of allylic oxidation sites excluding steroid dienone is 2. The lowest BCUT2D eigenvalue weighted by atomic mass is 9.57. The lowest BCUT2D eigenvalue weighted by Crippen LogP contribution is -2.69. The lowest BCUT2D eigenvalue weighted by Gasteiger charge is -2.53. The summed E-state index contributed by atoms with van der Waals surface area (Å²) in [6, 6.07) is 2.79. The van der Waals surface area contributed by atoms with E-state index in [2.05, 4.69) is 0 Å². The summed E-state index contributed by atoms with van der Waals surface area (Å²) >= 11 is 0. The molecule has 12 unspecified atom stereocenters. The van der Waals surface area contributed by atoms with Crippen molar-refractivity contribution < 1.29 is 77.2 Å². The highest BCUT2D eigenvalue weighted by atomic mass is 16.7. The van der Waals surface area contributed by atoms with Gasteiger partial charge in [0.05, 0.1) is 47.3 Å². The SMILES string of the molecule is CC1OC(OC2CCC(O[C@@]3(C)CC(=O)[C@]4(O)C5=C(C=C[C@]4(O)C3)C(=O)c3c(ccc(C4CC6OC7CC(=O)C(C)OC7OC6C(C)O4)c3O)C5=O)OC2C)C=CC1=O. The third-order valence-corrected chi connectivity index (χ3v) is 13.1. The molecule has 1 aromatic carbocycles. The minimum atomic E-state index is -2.81. The maximum atomic E-state index is 14.4. The van der Waals surface area contributed by atoms with Gasteiger partial charge in [-0.2, -0.15) is 0 Å². The molecule has 1 saturated carbocycles. The third-order valence-electron chi connectivity index (χ3n) is 13.1. The number of ketones is 5. The van der Waals surface area contributed by atoms with Gasteiger partial charge < -0.3 is 53.2 Å². The summed E-state index contributed by atoms with van der Waals surface area (Å²) in [6.45, 7) is 8.50. The molecule has 1 aromatic rings. The Morgan fingerprint density at radius 2 is 1.61 bits per heavy atom. The quantitative estimate of drug-likeness (QED) is 0.389. The summed E-state index contributed by atoms with van der Waals surface area (Å²) in [7, 11) is 0. The first-order valence-corrected chi connectivity index (χ1v) is 20.3. The van der Waals surface area contributed by atoms with E-state index in [4.69, 9.17) is 37.9 Å². The van der Waals surface area contributed by atoms with E-state index < -0.39 is 120 Å². The average Bonchev–Trinajstić information content (AvgIpc) is 3.16. The van der Waals surface area contributed by atoms with Crippen LogP contribution < -0.4 is 0 Å². The number of phenolic OH excluding ortho intramolecular Hbond substituents is 1. The van der Waals surface area contributed by atoms with Gasteiger partial charge in [0.15, 0.2) is 53.4 Å². The van der Waals surface area contributed by atoms with Crippen LogP contribution in [0.4, 0.5) is 0 Å². The van der Waals surface area contributed by atoms with E-state index >= 15 is 0 Å². The number of rotatable bonds is 5. The molecular formula is C43H48O16. The summed E-state index contributed by atoms with van der Waals surface area (Å²) in [4.78, 5) is 66.9. The molecule has 4 saturated heterocycles. The molecule has 0 amide bonds. The number of hydrogen-bond donors (Lipinski definition) is 3. The molecule has 3 aliphatic carbocycles. The van der Waals surface area contributed by atoms with Gasteiger partial charge in [0, 0.05) is 48.8 Å². The van der Waals surface area contributed by atoms with Crippen LogP contribution in [0.3, 0.4) is 0 Å². The monoisotopic (exact) mass is 820 g/mol. The Labute approximate surface area is 339 Å². The highest BCUT2D eigenvalue weighted by Crippen LogP contribution is 2.53. The van der Waals surface area contributed by atoms with Crippen molar-refractivity contribution in [2.24, 2.45) is 0 Å². The van der Waals surface area contributed by atoms with Crippen molar-refractivity contribution in [2.45, 2.75) is 164 Å². The Balaban J connectivity index is 0.912. The fraction of sp³-hybridized carbons (Fsp3) is 0.605. The van der Waals surface area contributed by atoms with Gasteiger partial charge >= 0.3 is 0 Å². The zero-order chi connectivity index (χ0) is 41.9. The van der Waals surface area contributed by atoms with Crippen LogP contribution in [0.15, 0.2) is 47.6 Å². The van der Waals surface area contributed by atoms with Crippen LogP contribution >= 0.6 is 0 Å². The molecule has 3 N–H and O–H groups in total. The highest BCUT2D eigenvalue weighted by Gasteiger charge is 2.67. The first-order chi connectivity index (χ1) is 27.9. The Hall–Kier alpha value is -3.81. The van der Waals surface area contributed by atoms with Crippen LogP contribution in [0.2, 0.25) is 0 Å². The zero-order valence-corrected chi connectivity index (χ0v) is 33.3. The number of Topliss-reactive ketones (excluding diaryl/α,β-unsaturated/α-hetero) is 4. The van der Waals surface area contributed by atoms with Gasteiger partial charge in [-0.25, -0.2) is 0 Å². The molecule has 59 heavy (non-hydrogen) atoms. The van der Waals surface area contributed by atoms with Crippen LogP contribution in [0.5, 0.6) is 5.75 Å².